The minimum absolute atomic E-state index is 0.175. The molecule has 0 aliphatic carbocycles. The molecule has 0 amide bonds. The van der Waals surface area contributed by atoms with Crippen molar-refractivity contribution in [1.29, 1.82) is 0 Å². The van der Waals surface area contributed by atoms with E-state index in [2.05, 4.69) is 14.8 Å². The van der Waals surface area contributed by atoms with Gasteiger partial charge in [0, 0.05) is 51.7 Å². The quantitative estimate of drug-likeness (QED) is 0.761. The van der Waals surface area contributed by atoms with Crippen molar-refractivity contribution in [3.05, 3.63) is 30.1 Å². The topological polar surface area (TPSA) is 65.9 Å². The van der Waals surface area contributed by atoms with Crippen LogP contribution >= 0.6 is 0 Å². The molecule has 2 rings (SSSR count). The van der Waals surface area contributed by atoms with E-state index in [1.807, 2.05) is 12.1 Å². The third-order valence-electron chi connectivity index (χ3n) is 3.63. The number of carboxylic acids is 1. The number of aromatic nitrogens is 1. The molecule has 1 saturated heterocycles. The lowest BCUT2D eigenvalue weighted by molar-refractivity contribution is -0.137. The molecule has 1 fully saturated rings. The molecular weight excluding hydrogens is 270 g/mol. The molecule has 1 aromatic rings. The van der Waals surface area contributed by atoms with Crippen molar-refractivity contribution in [2.75, 3.05) is 45.9 Å². The summed E-state index contributed by atoms with van der Waals surface area (Å²) in [5, 5.41) is 8.88. The maximum atomic E-state index is 10.8. The average molecular weight is 293 g/mol. The van der Waals surface area contributed by atoms with E-state index in [1.165, 1.54) is 0 Å². The van der Waals surface area contributed by atoms with Gasteiger partial charge in [-0.05, 0) is 17.7 Å². The van der Waals surface area contributed by atoms with Gasteiger partial charge in [-0.25, -0.2) is 0 Å². The highest BCUT2D eigenvalue weighted by Crippen LogP contribution is 2.05. The minimum Gasteiger partial charge on any atom is -0.481 e. The van der Waals surface area contributed by atoms with Crippen LogP contribution in [0.25, 0.3) is 0 Å². The summed E-state index contributed by atoms with van der Waals surface area (Å²) in [7, 11) is 0. The second kappa shape index (κ2) is 8.71. The van der Waals surface area contributed by atoms with Gasteiger partial charge in [-0.15, -0.1) is 0 Å². The fourth-order valence-electron chi connectivity index (χ4n) is 2.38. The first-order valence-corrected chi connectivity index (χ1v) is 7.37. The van der Waals surface area contributed by atoms with Crippen LogP contribution in [0.3, 0.4) is 0 Å². The molecule has 0 radical (unpaired) electrons. The Morgan fingerprint density at radius 3 is 2.67 bits per heavy atom. The maximum Gasteiger partial charge on any atom is 0.304 e. The number of rotatable bonds is 8. The lowest BCUT2D eigenvalue weighted by atomic mass is 10.2. The van der Waals surface area contributed by atoms with Crippen molar-refractivity contribution in [1.82, 2.24) is 14.8 Å². The number of aliphatic carboxylic acids is 1. The van der Waals surface area contributed by atoms with Crippen LogP contribution < -0.4 is 0 Å². The number of nitrogens with zero attached hydrogens (tertiary/aromatic N) is 3. The lowest BCUT2D eigenvalue weighted by Crippen LogP contribution is -2.41. The van der Waals surface area contributed by atoms with Gasteiger partial charge in [-0.2, -0.15) is 0 Å². The number of carbonyl (C=O) groups is 1. The summed E-state index contributed by atoms with van der Waals surface area (Å²) in [4.78, 5) is 19.4. The number of hydrogen-bond donors (Lipinski definition) is 1. The van der Waals surface area contributed by atoms with Crippen molar-refractivity contribution in [2.24, 2.45) is 0 Å². The Morgan fingerprint density at radius 2 is 2.00 bits per heavy atom. The fourth-order valence-corrected chi connectivity index (χ4v) is 2.38. The van der Waals surface area contributed by atoms with Crippen molar-refractivity contribution in [3.63, 3.8) is 0 Å². The third-order valence-corrected chi connectivity index (χ3v) is 3.63. The first-order chi connectivity index (χ1) is 10.2. The normalized spacial score (nSPS) is 16.2. The molecule has 0 saturated carbocycles. The van der Waals surface area contributed by atoms with Crippen LogP contribution in [0, 0.1) is 0 Å². The molecule has 1 aliphatic rings. The molecule has 6 nitrogen and oxygen atoms in total. The predicted molar refractivity (Wildman–Crippen MR) is 79.0 cm³/mol. The highest BCUT2D eigenvalue weighted by Gasteiger charge is 2.13. The molecule has 1 aliphatic heterocycles. The van der Waals surface area contributed by atoms with E-state index >= 15 is 0 Å². The summed E-state index contributed by atoms with van der Waals surface area (Å²) in [5.74, 6) is -0.749. The molecule has 1 N–H and O–H groups in total. The Kier molecular flexibility index (Phi) is 6.59. The zero-order chi connectivity index (χ0) is 14.9. The van der Waals surface area contributed by atoms with Crippen LogP contribution in [0.4, 0.5) is 0 Å². The van der Waals surface area contributed by atoms with E-state index in [1.54, 1.807) is 12.4 Å². The van der Waals surface area contributed by atoms with E-state index in [0.29, 0.717) is 6.54 Å². The molecule has 1 aromatic heterocycles. The van der Waals surface area contributed by atoms with E-state index in [-0.39, 0.29) is 6.42 Å². The van der Waals surface area contributed by atoms with Crippen LogP contribution in [0.1, 0.15) is 12.0 Å². The number of pyridine rings is 1. The summed E-state index contributed by atoms with van der Waals surface area (Å²) in [6.45, 7) is 6.66. The van der Waals surface area contributed by atoms with Crippen LogP contribution in [0.5, 0.6) is 0 Å². The molecule has 116 valence electrons. The van der Waals surface area contributed by atoms with Crippen LogP contribution in [0.15, 0.2) is 24.5 Å². The Balaban J connectivity index is 1.83. The van der Waals surface area contributed by atoms with E-state index < -0.39 is 5.97 Å². The van der Waals surface area contributed by atoms with Gasteiger partial charge in [0.05, 0.1) is 19.6 Å². The van der Waals surface area contributed by atoms with Gasteiger partial charge in [-0.3, -0.25) is 19.6 Å². The largest absolute Gasteiger partial charge is 0.481 e. The molecule has 0 bridgehead atoms. The second-order valence-corrected chi connectivity index (χ2v) is 5.23. The summed E-state index contributed by atoms with van der Waals surface area (Å²) < 4.78 is 5.34. The summed E-state index contributed by atoms with van der Waals surface area (Å²) in [6, 6.07) is 3.95. The van der Waals surface area contributed by atoms with Gasteiger partial charge in [0.1, 0.15) is 0 Å². The van der Waals surface area contributed by atoms with Crippen molar-refractivity contribution < 1.29 is 14.6 Å². The summed E-state index contributed by atoms with van der Waals surface area (Å²) in [6.07, 6.45) is 3.72. The second-order valence-electron chi connectivity index (χ2n) is 5.23. The number of morpholine rings is 1. The Morgan fingerprint density at radius 1 is 1.29 bits per heavy atom. The molecular formula is C15H23N3O3. The fraction of sp³-hybridized carbons (Fsp3) is 0.600. The van der Waals surface area contributed by atoms with Gasteiger partial charge >= 0.3 is 5.97 Å². The maximum absolute atomic E-state index is 10.8. The third kappa shape index (κ3) is 6.20. The Bertz CT molecular complexity index is 421. The van der Waals surface area contributed by atoms with E-state index in [4.69, 9.17) is 9.84 Å². The van der Waals surface area contributed by atoms with Crippen LogP contribution in [-0.4, -0.2) is 71.8 Å². The molecule has 21 heavy (non-hydrogen) atoms. The minimum atomic E-state index is -0.749. The molecule has 6 heteroatoms. The molecule has 2 heterocycles. The SMILES string of the molecule is O=C(O)CCN(CCN1CCOCC1)Cc1ccncc1. The Hall–Kier alpha value is -1.50. The van der Waals surface area contributed by atoms with Gasteiger partial charge in [0.15, 0.2) is 0 Å². The van der Waals surface area contributed by atoms with Gasteiger partial charge in [0.25, 0.3) is 0 Å². The van der Waals surface area contributed by atoms with Gasteiger partial charge < -0.3 is 9.84 Å². The average Bonchev–Trinajstić information content (AvgIpc) is 2.52. The molecule has 0 atom stereocenters. The zero-order valence-corrected chi connectivity index (χ0v) is 12.3. The summed E-state index contributed by atoms with van der Waals surface area (Å²) >= 11 is 0. The smallest absolute Gasteiger partial charge is 0.304 e. The monoisotopic (exact) mass is 293 g/mol. The highest BCUT2D eigenvalue weighted by atomic mass is 16.5. The predicted octanol–water partition coefficient (Wildman–Crippen LogP) is 0.691. The summed E-state index contributed by atoms with van der Waals surface area (Å²) in [5.41, 5.74) is 1.16. The van der Waals surface area contributed by atoms with Crippen molar-refractivity contribution >= 4 is 5.97 Å². The molecule has 0 unspecified atom stereocenters. The van der Waals surface area contributed by atoms with Crippen molar-refractivity contribution in [3.8, 4) is 0 Å². The number of carboxylic acid groups (broad SMARTS) is 1. The van der Waals surface area contributed by atoms with E-state index in [9.17, 15) is 4.79 Å². The van der Waals surface area contributed by atoms with Crippen LogP contribution in [0.2, 0.25) is 0 Å². The number of ether oxygens (including phenoxy) is 1. The first-order valence-electron chi connectivity index (χ1n) is 7.37. The zero-order valence-electron chi connectivity index (χ0n) is 12.3. The number of hydrogen-bond acceptors (Lipinski definition) is 5. The van der Waals surface area contributed by atoms with E-state index in [0.717, 1.165) is 51.5 Å². The molecule has 0 spiro atoms. The van der Waals surface area contributed by atoms with Gasteiger partial charge in [-0.1, -0.05) is 0 Å². The Labute approximate surface area is 125 Å². The van der Waals surface area contributed by atoms with Crippen LogP contribution in [-0.2, 0) is 16.1 Å². The first kappa shape index (κ1) is 15.9. The van der Waals surface area contributed by atoms with Gasteiger partial charge in [0.2, 0.25) is 0 Å². The van der Waals surface area contributed by atoms with Crippen molar-refractivity contribution in [2.45, 2.75) is 13.0 Å². The standard InChI is InChI=1S/C15H23N3O3/c19-15(20)3-6-18(13-14-1-4-16-5-2-14)8-7-17-9-11-21-12-10-17/h1-2,4-5H,3,6-13H2,(H,19,20). The highest BCUT2D eigenvalue weighted by molar-refractivity contribution is 5.66. The lowest BCUT2D eigenvalue weighted by Gasteiger charge is -2.30. The molecule has 0 aromatic carbocycles.